The molecule has 1 aromatic rings. The van der Waals surface area contributed by atoms with Crippen LogP contribution in [0.2, 0.25) is 0 Å². The van der Waals surface area contributed by atoms with Gasteiger partial charge in [0.15, 0.2) is 0 Å². The molecule has 112 valence electrons. The molecule has 0 saturated carbocycles. The Bertz CT molecular complexity index is 428. The van der Waals surface area contributed by atoms with E-state index in [9.17, 15) is 8.78 Å². The van der Waals surface area contributed by atoms with E-state index in [1.54, 1.807) is 7.11 Å². The summed E-state index contributed by atoms with van der Waals surface area (Å²) in [6.45, 7) is 2.76. The van der Waals surface area contributed by atoms with Crippen molar-refractivity contribution in [2.24, 2.45) is 5.92 Å². The van der Waals surface area contributed by atoms with Crippen molar-refractivity contribution in [1.82, 2.24) is 5.32 Å². The van der Waals surface area contributed by atoms with E-state index in [0.29, 0.717) is 18.8 Å². The van der Waals surface area contributed by atoms with Gasteiger partial charge in [-0.2, -0.15) is 0 Å². The molecule has 2 atom stereocenters. The minimum Gasteiger partial charge on any atom is -0.383 e. The third kappa shape index (κ3) is 3.98. The first kappa shape index (κ1) is 15.4. The van der Waals surface area contributed by atoms with Gasteiger partial charge in [-0.1, -0.05) is 6.07 Å². The zero-order valence-corrected chi connectivity index (χ0v) is 11.7. The van der Waals surface area contributed by atoms with Crippen LogP contribution in [0.3, 0.4) is 0 Å². The van der Waals surface area contributed by atoms with Gasteiger partial charge >= 0.3 is 0 Å². The molecule has 1 heterocycles. The first-order valence-electron chi connectivity index (χ1n) is 6.98. The van der Waals surface area contributed by atoms with Crippen molar-refractivity contribution in [2.45, 2.75) is 18.9 Å². The van der Waals surface area contributed by atoms with Gasteiger partial charge in [-0.3, -0.25) is 0 Å². The molecule has 0 aliphatic carbocycles. The SMILES string of the molecule is COCCNCC1CCCOC1c1ccc(F)cc1F. The highest BCUT2D eigenvalue weighted by Gasteiger charge is 2.29. The molecule has 2 rings (SSSR count). The van der Waals surface area contributed by atoms with Crippen molar-refractivity contribution >= 4 is 0 Å². The van der Waals surface area contributed by atoms with Gasteiger partial charge in [-0.05, 0) is 18.9 Å². The maximum absolute atomic E-state index is 13.9. The van der Waals surface area contributed by atoms with E-state index in [2.05, 4.69) is 5.32 Å². The summed E-state index contributed by atoms with van der Waals surface area (Å²) in [5.74, 6) is -0.892. The highest BCUT2D eigenvalue weighted by molar-refractivity contribution is 5.22. The number of methoxy groups -OCH3 is 1. The van der Waals surface area contributed by atoms with Crippen molar-refractivity contribution < 1.29 is 18.3 Å². The van der Waals surface area contributed by atoms with Crippen LogP contribution in [0.15, 0.2) is 18.2 Å². The number of nitrogens with one attached hydrogen (secondary N) is 1. The first-order valence-corrected chi connectivity index (χ1v) is 6.98. The minimum atomic E-state index is -0.558. The maximum atomic E-state index is 13.9. The first-order chi connectivity index (χ1) is 9.72. The number of halogens is 2. The van der Waals surface area contributed by atoms with E-state index >= 15 is 0 Å². The molecule has 0 radical (unpaired) electrons. The lowest BCUT2D eigenvalue weighted by atomic mass is 9.89. The molecule has 1 saturated heterocycles. The van der Waals surface area contributed by atoms with Crippen LogP contribution < -0.4 is 5.32 Å². The fraction of sp³-hybridized carbons (Fsp3) is 0.600. The Kier molecular flexibility index (Phi) is 5.88. The summed E-state index contributed by atoms with van der Waals surface area (Å²) in [5, 5.41) is 3.29. The Morgan fingerprint density at radius 1 is 1.40 bits per heavy atom. The number of rotatable bonds is 6. The molecule has 0 spiro atoms. The van der Waals surface area contributed by atoms with Gasteiger partial charge in [0.25, 0.3) is 0 Å². The van der Waals surface area contributed by atoms with Gasteiger partial charge < -0.3 is 14.8 Å². The molecule has 1 fully saturated rings. The van der Waals surface area contributed by atoms with Crippen molar-refractivity contribution in [3.05, 3.63) is 35.4 Å². The van der Waals surface area contributed by atoms with Crippen LogP contribution in [0.4, 0.5) is 8.78 Å². The average molecular weight is 285 g/mol. The van der Waals surface area contributed by atoms with Crippen LogP contribution in [0.5, 0.6) is 0 Å². The fourth-order valence-electron chi connectivity index (χ4n) is 2.59. The number of benzene rings is 1. The second kappa shape index (κ2) is 7.67. The lowest BCUT2D eigenvalue weighted by Crippen LogP contribution is -2.33. The summed E-state index contributed by atoms with van der Waals surface area (Å²) in [4.78, 5) is 0. The molecule has 20 heavy (non-hydrogen) atoms. The number of hydrogen-bond acceptors (Lipinski definition) is 3. The molecule has 5 heteroatoms. The lowest BCUT2D eigenvalue weighted by molar-refractivity contribution is -0.0299. The molecule has 2 unspecified atom stereocenters. The summed E-state index contributed by atoms with van der Waals surface area (Å²) in [5.41, 5.74) is 0.449. The quantitative estimate of drug-likeness (QED) is 0.815. The zero-order valence-electron chi connectivity index (χ0n) is 11.7. The lowest BCUT2D eigenvalue weighted by Gasteiger charge is -2.32. The van der Waals surface area contributed by atoms with Gasteiger partial charge in [0.05, 0.1) is 12.7 Å². The molecule has 0 bridgehead atoms. The van der Waals surface area contributed by atoms with Crippen LogP contribution in [-0.2, 0) is 9.47 Å². The topological polar surface area (TPSA) is 30.5 Å². The van der Waals surface area contributed by atoms with Gasteiger partial charge in [-0.15, -0.1) is 0 Å². The van der Waals surface area contributed by atoms with Crippen LogP contribution in [-0.4, -0.2) is 33.4 Å². The van der Waals surface area contributed by atoms with Crippen molar-refractivity contribution in [3.8, 4) is 0 Å². The summed E-state index contributed by atoms with van der Waals surface area (Å²) in [6.07, 6.45) is 1.64. The molecular weight excluding hydrogens is 264 g/mol. The highest BCUT2D eigenvalue weighted by atomic mass is 19.1. The number of ether oxygens (including phenoxy) is 2. The smallest absolute Gasteiger partial charge is 0.131 e. The largest absolute Gasteiger partial charge is 0.383 e. The Hall–Kier alpha value is -1.04. The second-order valence-corrected chi connectivity index (χ2v) is 5.06. The van der Waals surface area contributed by atoms with Crippen LogP contribution >= 0.6 is 0 Å². The maximum Gasteiger partial charge on any atom is 0.131 e. The van der Waals surface area contributed by atoms with E-state index in [0.717, 1.165) is 32.0 Å². The molecule has 1 aromatic carbocycles. The van der Waals surface area contributed by atoms with Crippen molar-refractivity contribution in [2.75, 3.05) is 33.4 Å². The number of hydrogen-bond donors (Lipinski definition) is 1. The van der Waals surface area contributed by atoms with E-state index < -0.39 is 11.6 Å². The van der Waals surface area contributed by atoms with Crippen LogP contribution in [0.1, 0.15) is 24.5 Å². The predicted octanol–water partition coefficient (Wildman–Crippen LogP) is 2.67. The van der Waals surface area contributed by atoms with Gasteiger partial charge in [0.2, 0.25) is 0 Å². The van der Waals surface area contributed by atoms with Gasteiger partial charge in [0.1, 0.15) is 11.6 Å². The summed E-state index contributed by atoms with van der Waals surface area (Å²) < 4.78 is 37.6. The summed E-state index contributed by atoms with van der Waals surface area (Å²) in [7, 11) is 1.65. The zero-order chi connectivity index (χ0) is 14.4. The molecule has 3 nitrogen and oxygen atoms in total. The minimum absolute atomic E-state index is 0.195. The van der Waals surface area contributed by atoms with E-state index in [4.69, 9.17) is 9.47 Å². The summed E-state index contributed by atoms with van der Waals surface area (Å²) in [6, 6.07) is 3.69. The van der Waals surface area contributed by atoms with Crippen LogP contribution in [0.25, 0.3) is 0 Å². The average Bonchev–Trinajstić information content (AvgIpc) is 2.44. The second-order valence-electron chi connectivity index (χ2n) is 5.06. The highest BCUT2D eigenvalue weighted by Crippen LogP contribution is 2.34. The predicted molar refractivity (Wildman–Crippen MR) is 72.5 cm³/mol. The van der Waals surface area contributed by atoms with E-state index in [1.165, 1.54) is 12.1 Å². The molecular formula is C15H21F2NO2. The third-order valence-electron chi connectivity index (χ3n) is 3.60. The van der Waals surface area contributed by atoms with Crippen molar-refractivity contribution in [3.63, 3.8) is 0 Å². The van der Waals surface area contributed by atoms with Crippen molar-refractivity contribution in [1.29, 1.82) is 0 Å². The summed E-state index contributed by atoms with van der Waals surface area (Å²) >= 11 is 0. The standard InChI is InChI=1S/C15H21F2NO2/c1-19-8-6-18-10-11-3-2-7-20-15(11)13-5-4-12(16)9-14(13)17/h4-5,9,11,15,18H,2-3,6-8,10H2,1H3. The Labute approximate surface area is 118 Å². The molecule has 1 aliphatic rings. The Morgan fingerprint density at radius 3 is 3.00 bits per heavy atom. The monoisotopic (exact) mass is 285 g/mol. The van der Waals surface area contributed by atoms with Gasteiger partial charge in [-0.25, -0.2) is 8.78 Å². The fourth-order valence-corrected chi connectivity index (χ4v) is 2.59. The van der Waals surface area contributed by atoms with Crippen LogP contribution in [0, 0.1) is 17.6 Å². The molecule has 1 aliphatic heterocycles. The molecule has 1 N–H and O–H groups in total. The van der Waals surface area contributed by atoms with E-state index in [1.807, 2.05) is 0 Å². The third-order valence-corrected chi connectivity index (χ3v) is 3.60. The Morgan fingerprint density at radius 2 is 2.25 bits per heavy atom. The molecule has 0 aromatic heterocycles. The molecule has 0 amide bonds. The Balaban J connectivity index is 2.02. The normalized spacial score (nSPS) is 22.9. The van der Waals surface area contributed by atoms with Gasteiger partial charge in [0, 0.05) is 44.4 Å². The van der Waals surface area contributed by atoms with E-state index in [-0.39, 0.29) is 12.0 Å².